The van der Waals surface area contributed by atoms with E-state index in [4.69, 9.17) is 0 Å². The molecule has 1 heterocycles. The van der Waals surface area contributed by atoms with Crippen molar-refractivity contribution < 1.29 is 4.79 Å². The molecule has 5 heteroatoms. The lowest BCUT2D eigenvalue weighted by Crippen LogP contribution is -2.13. The average molecular weight is 380 g/mol. The van der Waals surface area contributed by atoms with E-state index < -0.39 is 0 Å². The fourth-order valence-corrected chi connectivity index (χ4v) is 4.02. The van der Waals surface area contributed by atoms with Crippen LogP contribution in [0.15, 0.2) is 53.4 Å². The summed E-state index contributed by atoms with van der Waals surface area (Å²) in [5.41, 5.74) is 6.08. The Balaban J connectivity index is 1.62. The maximum atomic E-state index is 12.4. The molecule has 27 heavy (non-hydrogen) atoms. The van der Waals surface area contributed by atoms with E-state index in [-0.39, 0.29) is 5.91 Å². The van der Waals surface area contributed by atoms with Gasteiger partial charge in [0, 0.05) is 17.1 Å². The second-order valence-electron chi connectivity index (χ2n) is 6.71. The fourth-order valence-electron chi connectivity index (χ4n) is 3.06. The van der Waals surface area contributed by atoms with Gasteiger partial charge in [0.15, 0.2) is 0 Å². The Morgan fingerprint density at radius 2 is 1.81 bits per heavy atom. The van der Waals surface area contributed by atoms with Crippen LogP contribution in [-0.2, 0) is 4.79 Å². The Kier molecular flexibility index (Phi) is 6.01. The highest BCUT2D eigenvalue weighted by Gasteiger charge is 2.15. The Bertz CT molecular complexity index is 948. The van der Waals surface area contributed by atoms with Gasteiger partial charge in [-0.15, -0.1) is 11.8 Å². The van der Waals surface area contributed by atoms with Crippen molar-refractivity contribution in [2.45, 2.75) is 39.0 Å². The molecule has 1 amide bonds. The van der Waals surface area contributed by atoms with E-state index in [1.54, 1.807) is 11.8 Å². The van der Waals surface area contributed by atoms with Gasteiger partial charge >= 0.3 is 0 Å². The smallest absolute Gasteiger partial charge is 0.225 e. The van der Waals surface area contributed by atoms with Crippen molar-refractivity contribution >= 4 is 23.4 Å². The number of benzene rings is 2. The van der Waals surface area contributed by atoms with Crippen LogP contribution in [0.1, 0.15) is 28.9 Å². The lowest BCUT2D eigenvalue weighted by molar-refractivity contribution is -0.115. The number of thioether (sulfide) groups is 1. The Hall–Kier alpha value is -2.53. The summed E-state index contributed by atoms with van der Waals surface area (Å²) in [7, 11) is 0. The third-order valence-corrected chi connectivity index (χ3v) is 5.65. The zero-order valence-corrected chi connectivity index (χ0v) is 17.1. The number of nitrogens with one attached hydrogen (secondary N) is 1. The number of rotatable bonds is 6. The van der Waals surface area contributed by atoms with E-state index in [1.165, 1.54) is 16.0 Å². The van der Waals surface area contributed by atoms with Gasteiger partial charge in [0.2, 0.25) is 5.91 Å². The molecule has 0 saturated carbocycles. The first-order valence-corrected chi connectivity index (χ1v) is 10.1. The normalized spacial score (nSPS) is 10.8. The van der Waals surface area contributed by atoms with Crippen molar-refractivity contribution in [2.75, 3.05) is 11.1 Å². The fraction of sp³-hybridized carbons (Fsp3) is 0.273. The number of nitrogens with zero attached hydrogens (tertiary/aromatic N) is 2. The van der Waals surface area contributed by atoms with Crippen LogP contribution < -0.4 is 5.32 Å². The van der Waals surface area contributed by atoms with Crippen LogP contribution in [0.3, 0.4) is 0 Å². The summed E-state index contributed by atoms with van der Waals surface area (Å²) in [5, 5.41) is 7.62. The van der Waals surface area contributed by atoms with Crippen LogP contribution in [0.25, 0.3) is 5.69 Å². The topological polar surface area (TPSA) is 46.9 Å². The minimum atomic E-state index is 0.0195. The number of hydrogen-bond donors (Lipinski definition) is 1. The minimum Gasteiger partial charge on any atom is -0.323 e. The van der Waals surface area contributed by atoms with Crippen molar-refractivity contribution in [1.82, 2.24) is 9.78 Å². The summed E-state index contributed by atoms with van der Waals surface area (Å²) in [5.74, 6) is 0.770. The van der Waals surface area contributed by atoms with E-state index in [2.05, 4.69) is 42.5 Å². The zero-order valence-electron chi connectivity index (χ0n) is 16.2. The molecule has 0 saturated heterocycles. The third-order valence-electron chi connectivity index (χ3n) is 4.47. The molecule has 4 nitrogen and oxygen atoms in total. The summed E-state index contributed by atoms with van der Waals surface area (Å²) in [6.45, 7) is 8.11. The second-order valence-corrected chi connectivity index (χ2v) is 7.85. The number of carbonyl (C=O) groups excluding carboxylic acids is 1. The molecule has 0 spiro atoms. The molecule has 2 aromatic carbocycles. The highest BCUT2D eigenvalue weighted by Crippen LogP contribution is 2.25. The highest BCUT2D eigenvalue weighted by atomic mass is 32.2. The summed E-state index contributed by atoms with van der Waals surface area (Å²) in [4.78, 5) is 13.7. The number of carbonyl (C=O) groups is 1. The summed E-state index contributed by atoms with van der Waals surface area (Å²) >= 11 is 1.72. The predicted molar refractivity (Wildman–Crippen MR) is 113 cm³/mol. The van der Waals surface area contributed by atoms with Crippen molar-refractivity contribution in [2.24, 2.45) is 0 Å². The van der Waals surface area contributed by atoms with Crippen LogP contribution in [-0.4, -0.2) is 21.4 Å². The number of hydrogen-bond acceptors (Lipinski definition) is 3. The van der Waals surface area contributed by atoms with Gasteiger partial charge in [-0.05, 0) is 51.5 Å². The molecule has 0 aliphatic rings. The van der Waals surface area contributed by atoms with E-state index in [9.17, 15) is 4.79 Å². The lowest BCUT2D eigenvalue weighted by Gasteiger charge is -2.08. The molecule has 0 bridgehead atoms. The first kappa shape index (κ1) is 19.2. The largest absolute Gasteiger partial charge is 0.323 e. The number of para-hydroxylation sites is 1. The SMILES string of the molecule is Cc1ccc(SCCC(=O)Nc2c(C)nn(-c3ccccc3)c2C)c(C)c1. The molecule has 0 atom stereocenters. The van der Waals surface area contributed by atoms with Crippen molar-refractivity contribution in [1.29, 1.82) is 0 Å². The van der Waals surface area contributed by atoms with Crippen LogP contribution in [0.2, 0.25) is 0 Å². The van der Waals surface area contributed by atoms with Crippen molar-refractivity contribution in [3.05, 3.63) is 71.0 Å². The molecule has 1 aromatic heterocycles. The second kappa shape index (κ2) is 8.44. The molecular weight excluding hydrogens is 354 g/mol. The first-order chi connectivity index (χ1) is 13.0. The van der Waals surface area contributed by atoms with Crippen LogP contribution in [0.5, 0.6) is 0 Å². The molecular formula is C22H25N3OS. The number of amides is 1. The van der Waals surface area contributed by atoms with Crippen LogP contribution in [0, 0.1) is 27.7 Å². The molecule has 0 aliphatic heterocycles. The average Bonchev–Trinajstić information content (AvgIpc) is 2.92. The standard InChI is InChI=1S/C22H25N3OS/c1-15-10-11-20(16(2)14-15)27-13-12-21(26)23-22-17(3)24-25(18(22)4)19-8-6-5-7-9-19/h5-11,14H,12-13H2,1-4H3,(H,23,26). The molecule has 1 N–H and O–H groups in total. The van der Waals surface area contributed by atoms with E-state index in [0.29, 0.717) is 6.42 Å². The Morgan fingerprint density at radius 1 is 1.07 bits per heavy atom. The quantitative estimate of drug-likeness (QED) is 0.597. The number of aryl methyl sites for hydroxylation is 3. The zero-order chi connectivity index (χ0) is 19.4. The molecule has 3 rings (SSSR count). The predicted octanol–water partition coefficient (Wildman–Crippen LogP) is 5.23. The van der Waals surface area contributed by atoms with Crippen molar-refractivity contribution in [3.8, 4) is 5.69 Å². The monoisotopic (exact) mass is 379 g/mol. The Labute approximate surface area is 165 Å². The molecule has 3 aromatic rings. The molecule has 0 aliphatic carbocycles. The third kappa shape index (κ3) is 4.61. The highest BCUT2D eigenvalue weighted by molar-refractivity contribution is 7.99. The number of aromatic nitrogens is 2. The van der Waals surface area contributed by atoms with Gasteiger partial charge in [-0.2, -0.15) is 5.10 Å². The first-order valence-electron chi connectivity index (χ1n) is 9.07. The molecule has 0 unspecified atom stereocenters. The van der Waals surface area contributed by atoms with E-state index in [1.807, 2.05) is 48.9 Å². The van der Waals surface area contributed by atoms with Gasteiger partial charge in [0.05, 0.1) is 22.8 Å². The maximum Gasteiger partial charge on any atom is 0.225 e. The van der Waals surface area contributed by atoms with E-state index >= 15 is 0 Å². The van der Waals surface area contributed by atoms with Crippen molar-refractivity contribution in [3.63, 3.8) is 0 Å². The maximum absolute atomic E-state index is 12.4. The van der Waals surface area contributed by atoms with Gasteiger partial charge < -0.3 is 5.32 Å². The molecule has 0 radical (unpaired) electrons. The summed E-state index contributed by atoms with van der Waals surface area (Å²) in [6.07, 6.45) is 0.466. The van der Waals surface area contributed by atoms with Gasteiger partial charge in [0.25, 0.3) is 0 Å². The molecule has 140 valence electrons. The Morgan fingerprint density at radius 3 is 2.52 bits per heavy atom. The van der Waals surface area contributed by atoms with E-state index in [0.717, 1.165) is 28.5 Å². The van der Waals surface area contributed by atoms with Crippen LogP contribution >= 0.6 is 11.8 Å². The summed E-state index contributed by atoms with van der Waals surface area (Å²) in [6, 6.07) is 16.4. The summed E-state index contributed by atoms with van der Waals surface area (Å²) < 4.78 is 1.87. The molecule has 0 fully saturated rings. The van der Waals surface area contributed by atoms with Gasteiger partial charge in [-0.3, -0.25) is 4.79 Å². The minimum absolute atomic E-state index is 0.0195. The van der Waals surface area contributed by atoms with Gasteiger partial charge in [-0.25, -0.2) is 4.68 Å². The van der Waals surface area contributed by atoms with Gasteiger partial charge in [0.1, 0.15) is 0 Å². The lowest BCUT2D eigenvalue weighted by atomic mass is 10.2. The van der Waals surface area contributed by atoms with Crippen LogP contribution in [0.4, 0.5) is 5.69 Å². The number of anilines is 1. The van der Waals surface area contributed by atoms with Gasteiger partial charge in [-0.1, -0.05) is 35.9 Å².